The Morgan fingerprint density at radius 2 is 1.91 bits per heavy atom. The van der Waals surface area contributed by atoms with E-state index in [0.29, 0.717) is 27.2 Å². The average molecular weight is 353 g/mol. The standard InChI is InChI=1S/C16H18Cl2N4O/c1-3-4-7-22(2)16-19-9-11(10-20-16)15(23)21-12-5-6-13(17)14(18)8-12/h5-6,8-10H,3-4,7H2,1-2H3,(H,21,23). The molecule has 0 aliphatic heterocycles. The Kier molecular flexibility index (Phi) is 6.19. The molecule has 0 radical (unpaired) electrons. The number of amides is 1. The maximum atomic E-state index is 12.2. The largest absolute Gasteiger partial charge is 0.344 e. The van der Waals surface area contributed by atoms with Crippen molar-refractivity contribution in [2.75, 3.05) is 23.8 Å². The number of carbonyl (C=O) groups is 1. The number of hydrogen-bond acceptors (Lipinski definition) is 4. The Hall–Kier alpha value is -1.85. The van der Waals surface area contributed by atoms with Crippen molar-refractivity contribution in [1.82, 2.24) is 9.97 Å². The summed E-state index contributed by atoms with van der Waals surface area (Å²) in [7, 11) is 1.93. The number of rotatable bonds is 6. The highest BCUT2D eigenvalue weighted by Crippen LogP contribution is 2.25. The fraction of sp³-hybridized carbons (Fsp3) is 0.312. The topological polar surface area (TPSA) is 58.1 Å². The number of halogens is 2. The third-order valence-electron chi connectivity index (χ3n) is 3.27. The molecule has 1 aromatic carbocycles. The second kappa shape index (κ2) is 8.13. The number of aromatic nitrogens is 2. The molecule has 122 valence electrons. The van der Waals surface area contributed by atoms with Gasteiger partial charge in [-0.2, -0.15) is 0 Å². The molecule has 0 saturated carbocycles. The third kappa shape index (κ3) is 4.81. The van der Waals surface area contributed by atoms with Crippen LogP contribution in [0.25, 0.3) is 0 Å². The molecule has 2 aromatic rings. The van der Waals surface area contributed by atoms with E-state index in [1.54, 1.807) is 18.2 Å². The Balaban J connectivity index is 2.03. The van der Waals surface area contributed by atoms with Crippen LogP contribution >= 0.6 is 23.2 Å². The fourth-order valence-electron chi connectivity index (χ4n) is 1.91. The summed E-state index contributed by atoms with van der Waals surface area (Å²) in [6.45, 7) is 3.01. The van der Waals surface area contributed by atoms with Gasteiger partial charge in [0.1, 0.15) is 0 Å². The molecule has 1 amide bonds. The van der Waals surface area contributed by atoms with E-state index in [1.807, 2.05) is 11.9 Å². The lowest BCUT2D eigenvalue weighted by Crippen LogP contribution is -2.21. The Bertz CT molecular complexity index is 676. The average Bonchev–Trinajstić information content (AvgIpc) is 2.56. The van der Waals surface area contributed by atoms with Crippen molar-refractivity contribution < 1.29 is 4.79 Å². The molecule has 0 spiro atoms. The van der Waals surface area contributed by atoms with Crippen molar-refractivity contribution in [2.45, 2.75) is 19.8 Å². The molecule has 1 aromatic heterocycles. The van der Waals surface area contributed by atoms with E-state index in [0.717, 1.165) is 19.4 Å². The van der Waals surface area contributed by atoms with Crippen LogP contribution in [-0.4, -0.2) is 29.5 Å². The SMILES string of the molecule is CCCCN(C)c1ncc(C(=O)Nc2ccc(Cl)c(Cl)c2)cn1. The molecular weight excluding hydrogens is 335 g/mol. The first-order valence-electron chi connectivity index (χ1n) is 7.31. The van der Waals surface area contributed by atoms with Crippen LogP contribution in [0, 0.1) is 0 Å². The number of hydrogen-bond donors (Lipinski definition) is 1. The zero-order chi connectivity index (χ0) is 16.8. The number of unbranched alkanes of at least 4 members (excludes halogenated alkanes) is 1. The summed E-state index contributed by atoms with van der Waals surface area (Å²) in [5, 5.41) is 3.55. The van der Waals surface area contributed by atoms with E-state index >= 15 is 0 Å². The summed E-state index contributed by atoms with van der Waals surface area (Å²) in [6, 6.07) is 4.90. The van der Waals surface area contributed by atoms with Crippen LogP contribution in [0.3, 0.4) is 0 Å². The summed E-state index contributed by atoms with van der Waals surface area (Å²) in [4.78, 5) is 22.6. The van der Waals surface area contributed by atoms with Gasteiger partial charge < -0.3 is 10.2 Å². The van der Waals surface area contributed by atoms with Crippen molar-refractivity contribution in [2.24, 2.45) is 0 Å². The predicted octanol–water partition coefficient (Wildman–Crippen LogP) is 4.27. The van der Waals surface area contributed by atoms with Gasteiger partial charge in [-0.25, -0.2) is 9.97 Å². The van der Waals surface area contributed by atoms with Crippen LogP contribution < -0.4 is 10.2 Å². The highest BCUT2D eigenvalue weighted by atomic mass is 35.5. The Morgan fingerprint density at radius 3 is 2.52 bits per heavy atom. The van der Waals surface area contributed by atoms with Gasteiger partial charge in [-0.3, -0.25) is 4.79 Å². The fourth-order valence-corrected chi connectivity index (χ4v) is 2.21. The zero-order valence-corrected chi connectivity index (χ0v) is 14.5. The molecule has 5 nitrogen and oxygen atoms in total. The predicted molar refractivity (Wildman–Crippen MR) is 94.6 cm³/mol. The second-order valence-corrected chi connectivity index (χ2v) is 5.94. The molecule has 0 fully saturated rings. The Labute approximate surface area is 145 Å². The first-order valence-corrected chi connectivity index (χ1v) is 8.06. The van der Waals surface area contributed by atoms with E-state index in [4.69, 9.17) is 23.2 Å². The maximum absolute atomic E-state index is 12.2. The highest BCUT2D eigenvalue weighted by Gasteiger charge is 2.10. The molecule has 0 atom stereocenters. The van der Waals surface area contributed by atoms with Crippen LogP contribution in [0.2, 0.25) is 10.0 Å². The summed E-state index contributed by atoms with van der Waals surface area (Å²) in [5.41, 5.74) is 0.942. The van der Waals surface area contributed by atoms with Crippen LogP contribution in [0.1, 0.15) is 30.1 Å². The lowest BCUT2D eigenvalue weighted by atomic mass is 10.2. The third-order valence-corrected chi connectivity index (χ3v) is 4.01. The van der Waals surface area contributed by atoms with E-state index in [2.05, 4.69) is 22.2 Å². The van der Waals surface area contributed by atoms with Gasteiger partial charge in [-0.1, -0.05) is 36.5 Å². The lowest BCUT2D eigenvalue weighted by Gasteiger charge is -2.16. The van der Waals surface area contributed by atoms with E-state index < -0.39 is 0 Å². The van der Waals surface area contributed by atoms with Gasteiger partial charge in [0.05, 0.1) is 15.6 Å². The molecule has 0 aliphatic carbocycles. The molecular formula is C16H18Cl2N4O. The summed E-state index contributed by atoms with van der Waals surface area (Å²) in [5.74, 6) is 0.302. The van der Waals surface area contributed by atoms with Crippen molar-refractivity contribution in [1.29, 1.82) is 0 Å². The molecule has 23 heavy (non-hydrogen) atoms. The highest BCUT2D eigenvalue weighted by molar-refractivity contribution is 6.42. The minimum Gasteiger partial charge on any atom is -0.344 e. The number of anilines is 2. The number of carbonyl (C=O) groups excluding carboxylic acids is 1. The van der Waals surface area contributed by atoms with Gasteiger partial charge in [0.25, 0.3) is 5.91 Å². The van der Waals surface area contributed by atoms with Crippen molar-refractivity contribution >= 4 is 40.7 Å². The Morgan fingerprint density at radius 1 is 1.22 bits per heavy atom. The lowest BCUT2D eigenvalue weighted by molar-refractivity contribution is 0.102. The molecule has 0 bridgehead atoms. The zero-order valence-electron chi connectivity index (χ0n) is 13.0. The summed E-state index contributed by atoms with van der Waals surface area (Å²) < 4.78 is 0. The van der Waals surface area contributed by atoms with Crippen molar-refractivity contribution in [3.05, 3.63) is 46.2 Å². The number of benzene rings is 1. The van der Waals surface area contributed by atoms with Gasteiger partial charge in [0, 0.05) is 31.7 Å². The minimum absolute atomic E-state index is 0.300. The van der Waals surface area contributed by atoms with E-state index in [-0.39, 0.29) is 5.91 Å². The second-order valence-electron chi connectivity index (χ2n) is 5.13. The molecule has 0 unspecified atom stereocenters. The van der Waals surface area contributed by atoms with Crippen LogP contribution in [0.15, 0.2) is 30.6 Å². The molecule has 1 heterocycles. The van der Waals surface area contributed by atoms with E-state index in [9.17, 15) is 4.79 Å². The van der Waals surface area contributed by atoms with Crippen LogP contribution in [0.4, 0.5) is 11.6 Å². The van der Waals surface area contributed by atoms with Crippen molar-refractivity contribution in [3.63, 3.8) is 0 Å². The minimum atomic E-state index is -0.300. The molecule has 1 N–H and O–H groups in total. The van der Waals surface area contributed by atoms with Gasteiger partial charge >= 0.3 is 0 Å². The first kappa shape index (κ1) is 17.5. The quantitative estimate of drug-likeness (QED) is 0.843. The van der Waals surface area contributed by atoms with E-state index in [1.165, 1.54) is 12.4 Å². The van der Waals surface area contributed by atoms with Gasteiger partial charge in [-0.05, 0) is 24.6 Å². The molecule has 0 saturated heterocycles. The van der Waals surface area contributed by atoms with Gasteiger partial charge in [0.15, 0.2) is 0 Å². The van der Waals surface area contributed by atoms with Crippen LogP contribution in [0.5, 0.6) is 0 Å². The van der Waals surface area contributed by atoms with Gasteiger partial charge in [0.2, 0.25) is 5.95 Å². The molecule has 2 rings (SSSR count). The summed E-state index contributed by atoms with van der Waals surface area (Å²) >= 11 is 11.8. The monoisotopic (exact) mass is 352 g/mol. The van der Waals surface area contributed by atoms with Crippen LogP contribution in [-0.2, 0) is 0 Å². The molecule has 0 aliphatic rings. The van der Waals surface area contributed by atoms with Crippen molar-refractivity contribution in [3.8, 4) is 0 Å². The number of nitrogens with zero attached hydrogens (tertiary/aromatic N) is 3. The van der Waals surface area contributed by atoms with Gasteiger partial charge in [-0.15, -0.1) is 0 Å². The summed E-state index contributed by atoms with van der Waals surface area (Å²) in [6.07, 6.45) is 5.20. The maximum Gasteiger partial charge on any atom is 0.258 e. The first-order chi connectivity index (χ1) is 11.0. The number of nitrogens with one attached hydrogen (secondary N) is 1. The smallest absolute Gasteiger partial charge is 0.258 e. The normalized spacial score (nSPS) is 10.4. The molecule has 7 heteroatoms.